The van der Waals surface area contributed by atoms with Crippen molar-refractivity contribution in [3.63, 3.8) is 0 Å². The summed E-state index contributed by atoms with van der Waals surface area (Å²) in [5.74, 6) is -2.61. The summed E-state index contributed by atoms with van der Waals surface area (Å²) in [6.45, 7) is 0.0598. The van der Waals surface area contributed by atoms with Crippen LogP contribution in [0, 0.1) is 0 Å². The number of halogens is 2. The zero-order valence-electron chi connectivity index (χ0n) is 7.99. The quantitative estimate of drug-likeness (QED) is 0.700. The molecule has 2 heterocycles. The molecule has 1 fully saturated rings. The molecular weight excluding hydrogens is 202 g/mol. The Hall–Kier alpha value is -1.52. The Balaban J connectivity index is 2.14. The van der Waals surface area contributed by atoms with Gasteiger partial charge in [-0.3, -0.25) is 9.78 Å². The molecule has 0 aromatic carbocycles. The minimum Gasteiger partial charge on any atom is -0.364 e. The molecule has 1 saturated heterocycles. The highest BCUT2D eigenvalue weighted by atomic mass is 19.3. The van der Waals surface area contributed by atoms with Crippen molar-refractivity contribution < 1.29 is 13.6 Å². The van der Waals surface area contributed by atoms with Gasteiger partial charge in [-0.2, -0.15) is 0 Å². The van der Waals surface area contributed by atoms with Crippen molar-refractivity contribution in [1.82, 2.24) is 4.98 Å². The van der Waals surface area contributed by atoms with Gasteiger partial charge in [-0.25, -0.2) is 8.78 Å². The Labute approximate surface area is 85.7 Å². The number of alkyl halides is 2. The molecule has 0 saturated carbocycles. The number of pyridine rings is 1. The molecule has 1 aromatic heterocycles. The second-order valence-corrected chi connectivity index (χ2v) is 3.59. The lowest BCUT2D eigenvalue weighted by molar-refractivity contribution is 0.0257. The van der Waals surface area contributed by atoms with Crippen molar-refractivity contribution in [2.75, 3.05) is 18.0 Å². The molecule has 1 aromatic rings. The van der Waals surface area contributed by atoms with Crippen LogP contribution >= 0.6 is 0 Å². The van der Waals surface area contributed by atoms with Crippen LogP contribution in [0.15, 0.2) is 18.3 Å². The molecule has 0 radical (unpaired) electrons. The lowest BCUT2D eigenvalue weighted by Crippen LogP contribution is -2.24. The normalized spacial score (nSPS) is 19.2. The largest absolute Gasteiger partial charge is 0.364 e. The first-order valence-corrected chi connectivity index (χ1v) is 4.65. The van der Waals surface area contributed by atoms with Crippen LogP contribution in [0.1, 0.15) is 16.9 Å². The average molecular weight is 212 g/mol. The van der Waals surface area contributed by atoms with Crippen LogP contribution in [0.5, 0.6) is 0 Å². The van der Waals surface area contributed by atoms with Gasteiger partial charge >= 0.3 is 0 Å². The first kappa shape index (κ1) is 10.0. The first-order valence-electron chi connectivity index (χ1n) is 4.65. The Morgan fingerprint density at radius 1 is 1.47 bits per heavy atom. The fourth-order valence-electron chi connectivity index (χ4n) is 1.61. The Kier molecular flexibility index (Phi) is 2.38. The number of rotatable bonds is 2. The van der Waals surface area contributed by atoms with Crippen LogP contribution in [0.25, 0.3) is 0 Å². The minimum atomic E-state index is -2.61. The summed E-state index contributed by atoms with van der Waals surface area (Å²) >= 11 is 0. The molecule has 80 valence electrons. The molecule has 0 aliphatic carbocycles. The average Bonchev–Trinajstić information content (AvgIpc) is 2.59. The number of hydrogen-bond donors (Lipinski definition) is 0. The third-order valence-electron chi connectivity index (χ3n) is 2.43. The zero-order chi connectivity index (χ0) is 10.9. The third kappa shape index (κ3) is 2.11. The number of hydrogen-bond acceptors (Lipinski definition) is 3. The summed E-state index contributed by atoms with van der Waals surface area (Å²) in [6.07, 6.45) is 1.95. The van der Waals surface area contributed by atoms with Crippen LogP contribution < -0.4 is 4.90 Å². The van der Waals surface area contributed by atoms with Crippen LogP contribution in [-0.2, 0) is 0 Å². The van der Waals surface area contributed by atoms with Gasteiger partial charge in [0, 0.05) is 13.0 Å². The molecular formula is C10H10F2N2O. The van der Waals surface area contributed by atoms with Crippen LogP contribution in [0.3, 0.4) is 0 Å². The minimum absolute atomic E-state index is 0.123. The van der Waals surface area contributed by atoms with Crippen molar-refractivity contribution in [3.8, 4) is 0 Å². The smallest absolute Gasteiger partial charge is 0.266 e. The van der Waals surface area contributed by atoms with Crippen LogP contribution in [-0.4, -0.2) is 30.3 Å². The lowest BCUT2D eigenvalue weighted by Gasteiger charge is -2.17. The van der Waals surface area contributed by atoms with Gasteiger partial charge in [0.1, 0.15) is 5.69 Å². The summed E-state index contributed by atoms with van der Waals surface area (Å²) in [7, 11) is 0. The fourth-order valence-corrected chi connectivity index (χ4v) is 1.61. The predicted molar refractivity (Wildman–Crippen MR) is 51.4 cm³/mol. The number of aromatic nitrogens is 1. The summed E-state index contributed by atoms with van der Waals surface area (Å²) < 4.78 is 25.8. The van der Waals surface area contributed by atoms with E-state index in [1.165, 1.54) is 12.3 Å². The second-order valence-electron chi connectivity index (χ2n) is 3.59. The van der Waals surface area contributed by atoms with Crippen molar-refractivity contribution in [1.29, 1.82) is 0 Å². The van der Waals surface area contributed by atoms with Crippen LogP contribution in [0.2, 0.25) is 0 Å². The van der Waals surface area contributed by atoms with Gasteiger partial charge in [0.05, 0.1) is 18.4 Å². The number of carbonyl (C=O) groups excluding carboxylic acids is 1. The molecule has 1 aliphatic rings. The van der Waals surface area contributed by atoms with Gasteiger partial charge in [-0.1, -0.05) is 0 Å². The molecule has 0 atom stereocenters. The van der Waals surface area contributed by atoms with E-state index in [2.05, 4.69) is 4.98 Å². The number of aldehydes is 1. The Morgan fingerprint density at radius 3 is 2.73 bits per heavy atom. The molecule has 1 aliphatic heterocycles. The molecule has 0 bridgehead atoms. The standard InChI is InChI=1S/C10H10F2N2O/c11-10(12)3-4-14(7-10)9-2-1-8(6-15)13-5-9/h1-2,5-6H,3-4,7H2. The van der Waals surface area contributed by atoms with E-state index in [-0.39, 0.29) is 13.0 Å². The van der Waals surface area contributed by atoms with E-state index < -0.39 is 5.92 Å². The molecule has 0 amide bonds. The summed E-state index contributed by atoms with van der Waals surface area (Å²) in [5.41, 5.74) is 0.947. The number of carbonyl (C=O) groups is 1. The SMILES string of the molecule is O=Cc1ccc(N2CCC(F)(F)C2)cn1. The Morgan fingerprint density at radius 2 is 2.27 bits per heavy atom. The number of nitrogens with zero attached hydrogens (tertiary/aromatic N) is 2. The maximum atomic E-state index is 12.9. The molecule has 0 unspecified atom stereocenters. The third-order valence-corrected chi connectivity index (χ3v) is 2.43. The van der Waals surface area contributed by atoms with Gasteiger partial charge < -0.3 is 4.90 Å². The summed E-state index contributed by atoms with van der Waals surface area (Å²) in [6, 6.07) is 3.16. The van der Waals surface area contributed by atoms with E-state index in [0.717, 1.165) is 0 Å². The summed E-state index contributed by atoms with van der Waals surface area (Å²) in [5, 5.41) is 0. The topological polar surface area (TPSA) is 33.2 Å². The van der Waals surface area contributed by atoms with Crippen molar-refractivity contribution >= 4 is 12.0 Å². The van der Waals surface area contributed by atoms with Gasteiger partial charge in [-0.05, 0) is 12.1 Å². The van der Waals surface area contributed by atoms with Crippen LogP contribution in [0.4, 0.5) is 14.5 Å². The molecule has 15 heavy (non-hydrogen) atoms. The highest BCUT2D eigenvalue weighted by Crippen LogP contribution is 2.30. The highest BCUT2D eigenvalue weighted by molar-refractivity contribution is 5.72. The van der Waals surface area contributed by atoms with E-state index >= 15 is 0 Å². The monoisotopic (exact) mass is 212 g/mol. The maximum Gasteiger partial charge on any atom is 0.266 e. The van der Waals surface area contributed by atoms with Gasteiger partial charge in [-0.15, -0.1) is 0 Å². The number of anilines is 1. The van der Waals surface area contributed by atoms with Gasteiger partial charge in [0.15, 0.2) is 6.29 Å². The first-order chi connectivity index (χ1) is 7.11. The maximum absolute atomic E-state index is 12.9. The molecule has 0 spiro atoms. The Bertz CT molecular complexity index is 364. The van der Waals surface area contributed by atoms with E-state index in [9.17, 15) is 13.6 Å². The molecule has 2 rings (SSSR count). The molecule has 5 heteroatoms. The van der Waals surface area contributed by atoms with Crippen molar-refractivity contribution in [2.24, 2.45) is 0 Å². The van der Waals surface area contributed by atoms with Crippen molar-refractivity contribution in [2.45, 2.75) is 12.3 Å². The van der Waals surface area contributed by atoms with Crippen molar-refractivity contribution in [3.05, 3.63) is 24.0 Å². The lowest BCUT2D eigenvalue weighted by atomic mass is 10.3. The summed E-state index contributed by atoms with van der Waals surface area (Å²) in [4.78, 5) is 15.8. The zero-order valence-corrected chi connectivity index (χ0v) is 7.99. The molecule has 0 N–H and O–H groups in total. The highest BCUT2D eigenvalue weighted by Gasteiger charge is 2.38. The second kappa shape index (κ2) is 3.56. The predicted octanol–water partition coefficient (Wildman–Crippen LogP) is 1.74. The molecule has 3 nitrogen and oxygen atoms in total. The van der Waals surface area contributed by atoms with E-state index in [1.807, 2.05) is 0 Å². The van der Waals surface area contributed by atoms with E-state index in [1.54, 1.807) is 11.0 Å². The van der Waals surface area contributed by atoms with E-state index in [0.29, 0.717) is 24.2 Å². The van der Waals surface area contributed by atoms with Gasteiger partial charge in [0.25, 0.3) is 5.92 Å². The van der Waals surface area contributed by atoms with Gasteiger partial charge in [0.2, 0.25) is 0 Å². The fraction of sp³-hybridized carbons (Fsp3) is 0.400. The van der Waals surface area contributed by atoms with E-state index in [4.69, 9.17) is 0 Å².